The number of ether oxygens (including phenoxy) is 2. The van der Waals surface area contributed by atoms with Crippen LogP contribution in [0.25, 0.3) is 0 Å². The molecule has 2 aliphatic rings. The lowest BCUT2D eigenvalue weighted by molar-refractivity contribution is -0.0419. The van der Waals surface area contributed by atoms with E-state index in [0.29, 0.717) is 12.2 Å². The van der Waals surface area contributed by atoms with Crippen molar-refractivity contribution in [2.75, 3.05) is 32.8 Å². The molecule has 0 radical (unpaired) electrons. The number of nitrogens with zero attached hydrogens (tertiary/aromatic N) is 1. The van der Waals surface area contributed by atoms with Crippen molar-refractivity contribution in [1.82, 2.24) is 4.90 Å². The first-order chi connectivity index (χ1) is 5.34. The van der Waals surface area contributed by atoms with Gasteiger partial charge < -0.3 is 9.47 Å². The predicted octanol–water partition coefficient (Wildman–Crippen LogP) is 0.106. The molecular formula is C8H15NO2. The highest BCUT2D eigenvalue weighted by Crippen LogP contribution is 2.12. The molecule has 2 bridgehead atoms. The maximum Gasteiger partial charge on any atom is 0.0935 e. The smallest absolute Gasteiger partial charge is 0.0935 e. The zero-order chi connectivity index (χ0) is 7.68. The Morgan fingerprint density at radius 1 is 1.27 bits per heavy atom. The lowest BCUT2D eigenvalue weighted by atomic mass is 10.3. The summed E-state index contributed by atoms with van der Waals surface area (Å²) in [6.07, 6.45) is 0.704. The fraction of sp³-hybridized carbons (Fsp3) is 1.00. The number of rotatable bonds is 0. The van der Waals surface area contributed by atoms with E-state index in [0.717, 1.165) is 32.8 Å². The SMILES string of the molecule is CC1CN2CCO[C@@H](CO1)C2. The molecule has 2 heterocycles. The summed E-state index contributed by atoms with van der Waals surface area (Å²) in [5.41, 5.74) is 0. The van der Waals surface area contributed by atoms with Gasteiger partial charge in [0.1, 0.15) is 0 Å². The molecule has 11 heavy (non-hydrogen) atoms. The van der Waals surface area contributed by atoms with Gasteiger partial charge in [-0.15, -0.1) is 0 Å². The zero-order valence-corrected chi connectivity index (χ0v) is 6.95. The molecule has 2 saturated heterocycles. The first kappa shape index (κ1) is 7.53. The van der Waals surface area contributed by atoms with Gasteiger partial charge in [-0.1, -0.05) is 0 Å². The monoisotopic (exact) mass is 157 g/mol. The van der Waals surface area contributed by atoms with Gasteiger partial charge in [0.15, 0.2) is 0 Å². The zero-order valence-electron chi connectivity index (χ0n) is 6.95. The van der Waals surface area contributed by atoms with E-state index in [2.05, 4.69) is 11.8 Å². The van der Waals surface area contributed by atoms with E-state index >= 15 is 0 Å². The average Bonchev–Trinajstić information content (AvgIpc) is 2.12. The molecular weight excluding hydrogens is 142 g/mol. The standard InChI is InChI=1S/C8H15NO2/c1-7-4-9-2-3-10-8(5-9)6-11-7/h7-8H,2-6H2,1H3/t7?,8-/m1/s1. The molecule has 2 rings (SSSR count). The Morgan fingerprint density at radius 2 is 2.18 bits per heavy atom. The third-order valence-electron chi connectivity index (χ3n) is 2.30. The third-order valence-corrected chi connectivity index (χ3v) is 2.30. The van der Waals surface area contributed by atoms with E-state index in [-0.39, 0.29) is 0 Å². The van der Waals surface area contributed by atoms with Crippen LogP contribution in [0.2, 0.25) is 0 Å². The van der Waals surface area contributed by atoms with E-state index in [1.165, 1.54) is 0 Å². The van der Waals surface area contributed by atoms with Gasteiger partial charge in [0.2, 0.25) is 0 Å². The summed E-state index contributed by atoms with van der Waals surface area (Å²) in [6.45, 7) is 6.98. The summed E-state index contributed by atoms with van der Waals surface area (Å²) in [4.78, 5) is 2.42. The Bertz CT molecular complexity index is 138. The minimum atomic E-state index is 0.327. The molecule has 0 aromatic heterocycles. The highest BCUT2D eigenvalue weighted by Gasteiger charge is 2.25. The second kappa shape index (κ2) is 3.09. The summed E-state index contributed by atoms with van der Waals surface area (Å²) in [7, 11) is 0. The second-order valence-corrected chi connectivity index (χ2v) is 3.40. The topological polar surface area (TPSA) is 21.7 Å². The maximum atomic E-state index is 5.55. The fourth-order valence-electron chi connectivity index (χ4n) is 1.73. The third kappa shape index (κ3) is 1.72. The van der Waals surface area contributed by atoms with Crippen molar-refractivity contribution in [1.29, 1.82) is 0 Å². The summed E-state index contributed by atoms with van der Waals surface area (Å²) < 4.78 is 11.1. The molecule has 0 spiro atoms. The molecule has 0 N–H and O–H groups in total. The van der Waals surface area contributed by atoms with Crippen molar-refractivity contribution in [2.45, 2.75) is 19.1 Å². The van der Waals surface area contributed by atoms with Crippen molar-refractivity contribution < 1.29 is 9.47 Å². The number of hydrogen-bond donors (Lipinski definition) is 0. The molecule has 0 saturated carbocycles. The van der Waals surface area contributed by atoms with Crippen LogP contribution in [0.4, 0.5) is 0 Å². The number of fused-ring (bicyclic) bond motifs is 2. The van der Waals surface area contributed by atoms with Crippen LogP contribution in [0, 0.1) is 0 Å². The molecule has 64 valence electrons. The van der Waals surface area contributed by atoms with Crippen LogP contribution in [-0.4, -0.2) is 50.0 Å². The molecule has 2 fully saturated rings. The molecule has 0 amide bonds. The van der Waals surface area contributed by atoms with E-state index in [4.69, 9.17) is 9.47 Å². The van der Waals surface area contributed by atoms with Gasteiger partial charge in [0.05, 0.1) is 25.4 Å². The Balaban J connectivity index is 1.98. The molecule has 0 aliphatic carbocycles. The second-order valence-electron chi connectivity index (χ2n) is 3.40. The van der Waals surface area contributed by atoms with Gasteiger partial charge in [0, 0.05) is 19.6 Å². The van der Waals surface area contributed by atoms with Crippen LogP contribution in [0.15, 0.2) is 0 Å². The summed E-state index contributed by atoms with van der Waals surface area (Å²) in [6, 6.07) is 0. The van der Waals surface area contributed by atoms with Crippen LogP contribution in [0.5, 0.6) is 0 Å². The summed E-state index contributed by atoms with van der Waals surface area (Å²) in [5.74, 6) is 0. The van der Waals surface area contributed by atoms with Crippen LogP contribution in [-0.2, 0) is 9.47 Å². The normalized spacial score (nSPS) is 45.0. The Hall–Kier alpha value is -0.120. The van der Waals surface area contributed by atoms with Crippen LogP contribution in [0.1, 0.15) is 6.92 Å². The van der Waals surface area contributed by atoms with Gasteiger partial charge >= 0.3 is 0 Å². The number of morpholine rings is 1. The number of hydrogen-bond acceptors (Lipinski definition) is 3. The van der Waals surface area contributed by atoms with Crippen molar-refractivity contribution in [3.8, 4) is 0 Å². The Morgan fingerprint density at radius 3 is 3.09 bits per heavy atom. The summed E-state index contributed by atoms with van der Waals surface area (Å²) in [5, 5.41) is 0. The molecule has 0 aromatic carbocycles. The van der Waals surface area contributed by atoms with E-state index in [9.17, 15) is 0 Å². The molecule has 0 aromatic rings. The van der Waals surface area contributed by atoms with Crippen molar-refractivity contribution in [3.05, 3.63) is 0 Å². The predicted molar refractivity (Wildman–Crippen MR) is 41.6 cm³/mol. The molecule has 3 atom stereocenters. The quantitative estimate of drug-likeness (QED) is 0.498. The van der Waals surface area contributed by atoms with Gasteiger partial charge in [-0.2, -0.15) is 0 Å². The molecule has 3 heteroatoms. The lowest BCUT2D eigenvalue weighted by Gasteiger charge is -2.29. The van der Waals surface area contributed by atoms with E-state index in [1.54, 1.807) is 0 Å². The van der Waals surface area contributed by atoms with Crippen molar-refractivity contribution in [3.63, 3.8) is 0 Å². The van der Waals surface area contributed by atoms with Crippen molar-refractivity contribution >= 4 is 0 Å². The first-order valence-electron chi connectivity index (χ1n) is 4.30. The average molecular weight is 157 g/mol. The fourth-order valence-corrected chi connectivity index (χ4v) is 1.73. The van der Waals surface area contributed by atoms with E-state index < -0.39 is 0 Å². The maximum absolute atomic E-state index is 5.55. The lowest BCUT2D eigenvalue weighted by Crippen LogP contribution is -2.42. The minimum absolute atomic E-state index is 0.327. The molecule has 2 aliphatic heterocycles. The van der Waals surface area contributed by atoms with Crippen LogP contribution < -0.4 is 0 Å². The van der Waals surface area contributed by atoms with Gasteiger partial charge in [0.25, 0.3) is 0 Å². The van der Waals surface area contributed by atoms with Crippen LogP contribution in [0.3, 0.4) is 0 Å². The molecule has 2 unspecified atom stereocenters. The minimum Gasteiger partial charge on any atom is -0.374 e. The largest absolute Gasteiger partial charge is 0.374 e. The highest BCUT2D eigenvalue weighted by molar-refractivity contribution is 4.76. The first-order valence-corrected chi connectivity index (χ1v) is 4.30. The highest BCUT2D eigenvalue weighted by atomic mass is 16.5. The van der Waals surface area contributed by atoms with Gasteiger partial charge in [-0.05, 0) is 6.92 Å². The van der Waals surface area contributed by atoms with Crippen LogP contribution >= 0.6 is 0 Å². The summed E-state index contributed by atoms with van der Waals surface area (Å²) >= 11 is 0. The van der Waals surface area contributed by atoms with Crippen molar-refractivity contribution in [2.24, 2.45) is 0 Å². The van der Waals surface area contributed by atoms with Gasteiger partial charge in [-0.3, -0.25) is 4.90 Å². The van der Waals surface area contributed by atoms with E-state index in [1.807, 2.05) is 0 Å². The molecule has 3 nitrogen and oxygen atoms in total. The Labute approximate surface area is 67.3 Å². The van der Waals surface area contributed by atoms with Gasteiger partial charge in [-0.25, -0.2) is 0 Å². The Kier molecular flexibility index (Phi) is 2.11.